The summed E-state index contributed by atoms with van der Waals surface area (Å²) in [5.41, 5.74) is 8.58. The molecule has 0 fully saturated rings. The fraction of sp³-hybridized carbons (Fsp3) is 0.174. The summed E-state index contributed by atoms with van der Waals surface area (Å²) >= 11 is 1.13. The number of carbonyl (C=O) groups is 2. The third-order valence-electron chi connectivity index (χ3n) is 4.22. The maximum atomic E-state index is 12.1. The van der Waals surface area contributed by atoms with E-state index in [1.54, 1.807) is 36.4 Å². The summed E-state index contributed by atoms with van der Waals surface area (Å²) in [4.78, 5) is 27.8. The smallest absolute Gasteiger partial charge is 0.336 e. The minimum absolute atomic E-state index is 0.0899. The molecule has 148 valence electrons. The van der Waals surface area contributed by atoms with Gasteiger partial charge in [-0.2, -0.15) is 4.99 Å². The van der Waals surface area contributed by atoms with Crippen LogP contribution in [0, 0.1) is 0 Å². The second kappa shape index (κ2) is 8.49. The Morgan fingerprint density at radius 3 is 2.21 bits per heavy atom. The summed E-state index contributed by atoms with van der Waals surface area (Å²) in [6.45, 7) is 6.47. The molecule has 29 heavy (non-hydrogen) atoms. The third kappa shape index (κ3) is 5.68. The number of benzene rings is 2. The van der Waals surface area contributed by atoms with Gasteiger partial charge in [0.05, 0.1) is 4.91 Å². The van der Waals surface area contributed by atoms with Crippen LogP contribution in [-0.4, -0.2) is 17.0 Å². The van der Waals surface area contributed by atoms with E-state index in [1.165, 1.54) is 11.6 Å². The standard InChI is InChI=1S/C23H22N2O3S/c1-23(2,3)17-9-4-15(5-10-17)8-13-20(26)28-18-11-6-16(7-12-18)14-19-21(27)25-22(24)29-19/h4-14H,1-3H3,(H2,24,25,27). The molecule has 0 bridgehead atoms. The normalized spacial score (nSPS) is 15.8. The van der Waals surface area contributed by atoms with Crippen molar-refractivity contribution < 1.29 is 14.3 Å². The Kier molecular flexibility index (Phi) is 6.03. The van der Waals surface area contributed by atoms with Gasteiger partial charge in [-0.3, -0.25) is 4.79 Å². The van der Waals surface area contributed by atoms with Crippen molar-refractivity contribution in [1.82, 2.24) is 0 Å². The number of hydrogen-bond acceptors (Lipinski definition) is 5. The fourth-order valence-electron chi connectivity index (χ4n) is 2.62. The van der Waals surface area contributed by atoms with Crippen molar-refractivity contribution in [2.75, 3.05) is 0 Å². The number of amidine groups is 1. The Bertz CT molecular complexity index is 1010. The van der Waals surface area contributed by atoms with Crippen molar-refractivity contribution in [3.05, 3.63) is 76.2 Å². The Labute approximate surface area is 174 Å². The lowest BCUT2D eigenvalue weighted by atomic mass is 9.87. The zero-order valence-corrected chi connectivity index (χ0v) is 17.3. The second-order valence-corrected chi connectivity index (χ2v) is 8.62. The number of ether oxygens (including phenoxy) is 1. The fourth-order valence-corrected chi connectivity index (χ4v) is 3.30. The number of nitrogens with zero attached hydrogens (tertiary/aromatic N) is 1. The van der Waals surface area contributed by atoms with E-state index in [-0.39, 0.29) is 16.5 Å². The minimum atomic E-state index is -0.460. The molecule has 5 nitrogen and oxygen atoms in total. The molecule has 0 saturated carbocycles. The van der Waals surface area contributed by atoms with Gasteiger partial charge in [0, 0.05) is 6.08 Å². The van der Waals surface area contributed by atoms with Gasteiger partial charge in [-0.1, -0.05) is 57.2 Å². The number of hydrogen-bond donors (Lipinski definition) is 1. The van der Waals surface area contributed by atoms with E-state index in [0.717, 1.165) is 22.9 Å². The van der Waals surface area contributed by atoms with Gasteiger partial charge in [0.25, 0.3) is 5.91 Å². The first-order chi connectivity index (χ1) is 13.7. The highest BCUT2D eigenvalue weighted by molar-refractivity contribution is 8.18. The molecule has 2 aromatic carbocycles. The molecule has 0 radical (unpaired) electrons. The molecule has 0 spiro atoms. The van der Waals surface area contributed by atoms with Crippen molar-refractivity contribution in [3.63, 3.8) is 0 Å². The van der Waals surface area contributed by atoms with Crippen LogP contribution in [0.3, 0.4) is 0 Å². The maximum absolute atomic E-state index is 12.1. The lowest BCUT2D eigenvalue weighted by Crippen LogP contribution is -2.10. The topological polar surface area (TPSA) is 81.8 Å². The Morgan fingerprint density at radius 1 is 1.03 bits per heavy atom. The number of amides is 1. The van der Waals surface area contributed by atoms with Crippen LogP contribution in [0.4, 0.5) is 0 Å². The molecule has 1 aliphatic heterocycles. The summed E-state index contributed by atoms with van der Waals surface area (Å²) < 4.78 is 5.32. The summed E-state index contributed by atoms with van der Waals surface area (Å²) in [7, 11) is 0. The molecule has 2 aromatic rings. The van der Waals surface area contributed by atoms with Crippen molar-refractivity contribution in [3.8, 4) is 5.75 Å². The number of aliphatic imine (C=N–C) groups is 1. The molecule has 0 aliphatic carbocycles. The number of thioether (sulfide) groups is 1. The molecule has 0 saturated heterocycles. The van der Waals surface area contributed by atoms with Gasteiger partial charge in [0.15, 0.2) is 5.17 Å². The van der Waals surface area contributed by atoms with Crippen LogP contribution in [0.2, 0.25) is 0 Å². The van der Waals surface area contributed by atoms with Gasteiger partial charge >= 0.3 is 5.97 Å². The van der Waals surface area contributed by atoms with E-state index in [1.807, 2.05) is 12.1 Å². The van der Waals surface area contributed by atoms with Crippen LogP contribution in [0.25, 0.3) is 12.2 Å². The molecule has 1 heterocycles. The van der Waals surface area contributed by atoms with E-state index >= 15 is 0 Å². The number of esters is 1. The van der Waals surface area contributed by atoms with Gasteiger partial charge in [-0.05, 0) is 58.2 Å². The lowest BCUT2D eigenvalue weighted by molar-refractivity contribution is -0.128. The van der Waals surface area contributed by atoms with Gasteiger partial charge in [-0.25, -0.2) is 4.79 Å². The third-order valence-corrected chi connectivity index (χ3v) is 5.03. The van der Waals surface area contributed by atoms with Crippen LogP contribution < -0.4 is 10.5 Å². The summed E-state index contributed by atoms with van der Waals surface area (Å²) in [5.74, 6) is -0.381. The Hall–Kier alpha value is -3.12. The average molecular weight is 407 g/mol. The van der Waals surface area contributed by atoms with Gasteiger partial charge in [0.2, 0.25) is 0 Å². The molecular formula is C23H22N2O3S. The second-order valence-electron chi connectivity index (χ2n) is 7.56. The molecule has 0 unspecified atom stereocenters. The zero-order chi connectivity index (χ0) is 21.0. The van der Waals surface area contributed by atoms with Crippen LogP contribution in [0.1, 0.15) is 37.5 Å². The molecule has 2 N–H and O–H groups in total. The highest BCUT2D eigenvalue weighted by Crippen LogP contribution is 2.27. The first kappa shape index (κ1) is 20.6. The largest absolute Gasteiger partial charge is 0.423 e. The van der Waals surface area contributed by atoms with Gasteiger partial charge < -0.3 is 10.5 Å². The van der Waals surface area contributed by atoms with Crippen molar-refractivity contribution in [1.29, 1.82) is 0 Å². The van der Waals surface area contributed by atoms with Crippen LogP contribution in [-0.2, 0) is 15.0 Å². The maximum Gasteiger partial charge on any atom is 0.336 e. The number of rotatable bonds is 4. The zero-order valence-electron chi connectivity index (χ0n) is 16.5. The van der Waals surface area contributed by atoms with Crippen LogP contribution >= 0.6 is 11.8 Å². The molecule has 6 heteroatoms. The minimum Gasteiger partial charge on any atom is -0.423 e. The highest BCUT2D eigenvalue weighted by atomic mass is 32.2. The highest BCUT2D eigenvalue weighted by Gasteiger charge is 2.19. The average Bonchev–Trinajstić information content (AvgIpc) is 2.98. The summed E-state index contributed by atoms with van der Waals surface area (Å²) in [6.07, 6.45) is 4.82. The molecule has 3 rings (SSSR count). The SMILES string of the molecule is CC(C)(C)c1ccc(C=CC(=O)Oc2ccc(C=C3SC(N)=NC3=O)cc2)cc1. The predicted molar refractivity (Wildman–Crippen MR) is 118 cm³/mol. The molecular weight excluding hydrogens is 384 g/mol. The van der Waals surface area contributed by atoms with Crippen molar-refractivity contribution in [2.45, 2.75) is 26.2 Å². The molecule has 1 amide bonds. The van der Waals surface area contributed by atoms with E-state index in [9.17, 15) is 9.59 Å². The Balaban J connectivity index is 1.59. The monoisotopic (exact) mass is 406 g/mol. The quantitative estimate of drug-likeness (QED) is 0.458. The number of carbonyl (C=O) groups excluding carboxylic acids is 2. The van der Waals surface area contributed by atoms with E-state index < -0.39 is 5.97 Å². The Morgan fingerprint density at radius 2 is 1.66 bits per heavy atom. The van der Waals surface area contributed by atoms with Crippen molar-refractivity contribution in [2.24, 2.45) is 10.7 Å². The lowest BCUT2D eigenvalue weighted by Gasteiger charge is -2.18. The molecule has 0 aromatic heterocycles. The number of nitrogens with two attached hydrogens (primary N) is 1. The summed E-state index contributed by atoms with van der Waals surface area (Å²) in [6, 6.07) is 14.9. The van der Waals surface area contributed by atoms with E-state index in [4.69, 9.17) is 10.5 Å². The van der Waals surface area contributed by atoms with Gasteiger partial charge in [-0.15, -0.1) is 0 Å². The van der Waals surface area contributed by atoms with E-state index in [0.29, 0.717) is 10.7 Å². The van der Waals surface area contributed by atoms with E-state index in [2.05, 4.69) is 37.9 Å². The first-order valence-electron chi connectivity index (χ1n) is 9.09. The molecule has 1 aliphatic rings. The first-order valence-corrected chi connectivity index (χ1v) is 9.91. The van der Waals surface area contributed by atoms with Crippen LogP contribution in [0.5, 0.6) is 5.75 Å². The molecule has 0 atom stereocenters. The van der Waals surface area contributed by atoms with Crippen LogP contribution in [0.15, 0.2) is 64.5 Å². The summed E-state index contributed by atoms with van der Waals surface area (Å²) in [5, 5.41) is 0.242. The predicted octanol–water partition coefficient (Wildman–Crippen LogP) is 4.53. The van der Waals surface area contributed by atoms with Crippen molar-refractivity contribution >= 4 is 41.0 Å². The van der Waals surface area contributed by atoms with Gasteiger partial charge in [0.1, 0.15) is 5.75 Å².